The van der Waals surface area contributed by atoms with E-state index in [1.165, 1.54) is 41.4 Å². The summed E-state index contributed by atoms with van der Waals surface area (Å²) in [6, 6.07) is 10.0. The molecule has 2 aromatic rings. The zero-order valence-electron chi connectivity index (χ0n) is 13.9. The maximum absolute atomic E-state index is 13.5. The van der Waals surface area contributed by atoms with Gasteiger partial charge in [0.2, 0.25) is 0 Å². The molecule has 0 spiro atoms. The summed E-state index contributed by atoms with van der Waals surface area (Å²) in [7, 11) is 0. The highest BCUT2D eigenvalue weighted by atomic mass is 35.5. The Bertz CT molecular complexity index is 844. The molecule has 0 bridgehead atoms. The number of benzene rings is 2. The van der Waals surface area contributed by atoms with Gasteiger partial charge in [-0.25, -0.2) is 4.39 Å². The quantitative estimate of drug-likeness (QED) is 0.589. The molecule has 1 aliphatic carbocycles. The van der Waals surface area contributed by atoms with Gasteiger partial charge in [0.15, 0.2) is 6.61 Å². The van der Waals surface area contributed by atoms with E-state index in [1.54, 1.807) is 0 Å². The Hall–Kier alpha value is -2.05. The van der Waals surface area contributed by atoms with Crippen LogP contribution in [-0.4, -0.2) is 24.2 Å². The predicted octanol–water partition coefficient (Wildman–Crippen LogP) is 4.24. The molecule has 26 heavy (non-hydrogen) atoms. The van der Waals surface area contributed by atoms with Gasteiger partial charge in [-0.05, 0) is 60.7 Å². The van der Waals surface area contributed by atoms with Crippen molar-refractivity contribution in [1.82, 2.24) is 0 Å². The third-order valence-electron chi connectivity index (χ3n) is 3.99. The highest BCUT2D eigenvalue weighted by Crippen LogP contribution is 2.27. The molecule has 7 heteroatoms. The number of nitrogens with one attached hydrogen (secondary N) is 1. The summed E-state index contributed by atoms with van der Waals surface area (Å²) < 4.78 is 18.5. The molecule has 0 unspecified atom stereocenters. The number of ether oxygens (including phenoxy) is 1. The molecule has 2 aromatic carbocycles. The number of hydrogen-bond donors (Lipinski definition) is 1. The first-order valence-electron chi connectivity index (χ1n) is 8.16. The maximum atomic E-state index is 13.5. The van der Waals surface area contributed by atoms with Crippen molar-refractivity contribution in [1.29, 1.82) is 0 Å². The Morgan fingerprint density at radius 2 is 1.96 bits per heavy atom. The smallest absolute Gasteiger partial charge is 0.316 e. The van der Waals surface area contributed by atoms with Crippen LogP contribution in [0.2, 0.25) is 5.02 Å². The van der Waals surface area contributed by atoms with Gasteiger partial charge < -0.3 is 10.1 Å². The Labute approximate surface area is 160 Å². The van der Waals surface area contributed by atoms with Crippen molar-refractivity contribution in [2.75, 3.05) is 17.7 Å². The topological polar surface area (TPSA) is 55.4 Å². The number of carbonyl (C=O) groups excluding carboxylic acids is 2. The number of halogens is 2. The van der Waals surface area contributed by atoms with Crippen LogP contribution in [0.1, 0.15) is 17.5 Å². The first-order chi connectivity index (χ1) is 12.5. The largest absolute Gasteiger partial charge is 0.455 e. The Morgan fingerprint density at radius 1 is 1.15 bits per heavy atom. The number of aryl methyl sites for hydroxylation is 2. The molecule has 0 atom stereocenters. The van der Waals surface area contributed by atoms with Crippen molar-refractivity contribution in [3.8, 4) is 0 Å². The summed E-state index contributed by atoms with van der Waals surface area (Å²) >= 11 is 7.13. The lowest BCUT2D eigenvalue weighted by Gasteiger charge is -2.08. The second-order valence-electron chi connectivity index (χ2n) is 5.91. The van der Waals surface area contributed by atoms with Gasteiger partial charge in [0.1, 0.15) is 5.82 Å². The fourth-order valence-corrected chi connectivity index (χ4v) is 3.68. The summed E-state index contributed by atoms with van der Waals surface area (Å²) in [5.74, 6) is -1.63. The number of rotatable bonds is 6. The highest BCUT2D eigenvalue weighted by Gasteiger charge is 2.13. The molecule has 1 amide bonds. The van der Waals surface area contributed by atoms with Crippen molar-refractivity contribution in [2.24, 2.45) is 0 Å². The van der Waals surface area contributed by atoms with Crippen LogP contribution >= 0.6 is 23.4 Å². The van der Waals surface area contributed by atoms with Gasteiger partial charge in [-0.15, -0.1) is 11.8 Å². The lowest BCUT2D eigenvalue weighted by atomic mass is 10.1. The molecule has 0 aliphatic heterocycles. The van der Waals surface area contributed by atoms with E-state index in [2.05, 4.69) is 17.4 Å². The predicted molar refractivity (Wildman–Crippen MR) is 100 cm³/mol. The summed E-state index contributed by atoms with van der Waals surface area (Å²) in [4.78, 5) is 24.6. The van der Waals surface area contributed by atoms with Crippen molar-refractivity contribution in [3.05, 3.63) is 58.4 Å². The van der Waals surface area contributed by atoms with Crippen LogP contribution in [0.15, 0.2) is 41.3 Å². The van der Waals surface area contributed by atoms with Crippen molar-refractivity contribution in [3.63, 3.8) is 0 Å². The van der Waals surface area contributed by atoms with E-state index >= 15 is 0 Å². The molecule has 0 saturated carbocycles. The maximum Gasteiger partial charge on any atom is 0.316 e. The first-order valence-corrected chi connectivity index (χ1v) is 9.53. The average Bonchev–Trinajstić information content (AvgIpc) is 3.09. The van der Waals surface area contributed by atoms with Crippen LogP contribution in [0.4, 0.5) is 10.1 Å². The Balaban J connectivity index is 1.43. The van der Waals surface area contributed by atoms with Crippen molar-refractivity contribution in [2.45, 2.75) is 24.2 Å². The molecule has 0 heterocycles. The SMILES string of the molecule is O=C(COC(=O)CSc1ccc2c(c1)CCC2)Nc1cc(Cl)ccc1F. The third-order valence-corrected chi connectivity index (χ3v) is 5.20. The number of anilines is 1. The van der Waals surface area contributed by atoms with E-state index in [0.29, 0.717) is 5.02 Å². The normalized spacial score (nSPS) is 12.5. The number of hydrogen-bond acceptors (Lipinski definition) is 4. The monoisotopic (exact) mass is 393 g/mol. The van der Waals surface area contributed by atoms with E-state index in [9.17, 15) is 14.0 Å². The fraction of sp³-hybridized carbons (Fsp3) is 0.263. The van der Waals surface area contributed by atoms with Crippen molar-refractivity contribution >= 4 is 40.9 Å². The summed E-state index contributed by atoms with van der Waals surface area (Å²) in [5, 5.41) is 2.62. The Kier molecular flexibility index (Phi) is 6.16. The molecular weight excluding hydrogens is 377 g/mol. The fourth-order valence-electron chi connectivity index (χ4n) is 2.75. The van der Waals surface area contributed by atoms with Crippen molar-refractivity contribution < 1.29 is 18.7 Å². The standard InChI is InChI=1S/C19H17ClFNO3S/c20-14-5-7-16(21)17(9-14)22-18(23)10-25-19(24)11-26-15-6-4-12-2-1-3-13(12)8-15/h4-9H,1-3,10-11H2,(H,22,23). The highest BCUT2D eigenvalue weighted by molar-refractivity contribution is 8.00. The van der Waals surface area contributed by atoms with Crippen LogP contribution in [0.25, 0.3) is 0 Å². The molecule has 1 aliphatic rings. The number of thioether (sulfide) groups is 1. The van der Waals surface area contributed by atoms with E-state index in [1.807, 2.05) is 6.07 Å². The van der Waals surface area contributed by atoms with Crippen LogP contribution in [0.3, 0.4) is 0 Å². The molecule has 3 rings (SSSR count). The number of fused-ring (bicyclic) bond motifs is 1. The zero-order chi connectivity index (χ0) is 18.5. The molecule has 4 nitrogen and oxygen atoms in total. The lowest BCUT2D eigenvalue weighted by molar-refractivity contribution is -0.144. The number of carbonyl (C=O) groups is 2. The average molecular weight is 394 g/mol. The van der Waals surface area contributed by atoms with Crippen LogP contribution in [0, 0.1) is 5.82 Å². The number of esters is 1. The van der Waals surface area contributed by atoms with Crippen LogP contribution in [0.5, 0.6) is 0 Å². The summed E-state index contributed by atoms with van der Waals surface area (Å²) in [6.07, 6.45) is 3.37. The minimum Gasteiger partial charge on any atom is -0.455 e. The first kappa shape index (κ1) is 18.7. The minimum absolute atomic E-state index is 0.0499. The minimum atomic E-state index is -0.623. The molecule has 1 N–H and O–H groups in total. The molecule has 0 radical (unpaired) electrons. The van der Waals surface area contributed by atoms with E-state index in [-0.39, 0.29) is 11.4 Å². The zero-order valence-corrected chi connectivity index (χ0v) is 15.5. The van der Waals surface area contributed by atoms with Gasteiger partial charge in [-0.3, -0.25) is 9.59 Å². The van der Waals surface area contributed by atoms with Gasteiger partial charge in [0, 0.05) is 9.92 Å². The Morgan fingerprint density at radius 3 is 2.81 bits per heavy atom. The van der Waals surface area contributed by atoms with Gasteiger partial charge in [0.05, 0.1) is 11.4 Å². The molecule has 0 saturated heterocycles. The van der Waals surface area contributed by atoms with E-state index < -0.39 is 24.3 Å². The molecule has 0 aromatic heterocycles. The summed E-state index contributed by atoms with van der Waals surface area (Å²) in [6.45, 7) is -0.477. The molecular formula is C19H17ClFNO3S. The van der Waals surface area contributed by atoms with E-state index in [4.69, 9.17) is 16.3 Å². The van der Waals surface area contributed by atoms with Gasteiger partial charge in [-0.1, -0.05) is 17.7 Å². The molecule has 0 fully saturated rings. The lowest BCUT2D eigenvalue weighted by Crippen LogP contribution is -2.22. The van der Waals surface area contributed by atoms with Crippen LogP contribution in [-0.2, 0) is 27.2 Å². The van der Waals surface area contributed by atoms with Gasteiger partial charge in [0.25, 0.3) is 5.91 Å². The second-order valence-corrected chi connectivity index (χ2v) is 7.39. The number of amides is 1. The van der Waals surface area contributed by atoms with Gasteiger partial charge in [-0.2, -0.15) is 0 Å². The van der Waals surface area contributed by atoms with Gasteiger partial charge >= 0.3 is 5.97 Å². The third kappa shape index (κ3) is 4.99. The van der Waals surface area contributed by atoms with E-state index in [0.717, 1.165) is 23.8 Å². The van der Waals surface area contributed by atoms with Crippen LogP contribution < -0.4 is 5.32 Å². The molecule has 136 valence electrons. The second kappa shape index (κ2) is 8.56. The summed E-state index contributed by atoms with van der Waals surface area (Å²) in [5.41, 5.74) is 2.67.